The van der Waals surface area contributed by atoms with Gasteiger partial charge < -0.3 is 0 Å². The van der Waals surface area contributed by atoms with E-state index >= 15 is 0 Å². The molecule has 0 bridgehead atoms. The molecule has 6 heteroatoms. The minimum Gasteiger partial charge on any atom is -0.197 e. The molecule has 0 fully saturated rings. The topological polar surface area (TPSA) is 0 Å². The quantitative estimate of drug-likeness (QED) is 0.399. The second-order valence-electron chi connectivity index (χ2n) is 0. The maximum atomic E-state index is 1.44. The van der Waals surface area contributed by atoms with Crippen molar-refractivity contribution >= 4 is 73.5 Å². The number of hydrogen-bond acceptors (Lipinski definition) is 0. The molecule has 0 radical (unpaired) electrons. The van der Waals surface area contributed by atoms with Gasteiger partial charge in [0.05, 0.1) is 0 Å². The molecule has 0 spiro atoms. The molecule has 0 N–H and O–H groups in total. The molecule has 0 saturated heterocycles. The van der Waals surface area contributed by atoms with E-state index in [4.69, 9.17) is 0 Å². The van der Waals surface area contributed by atoms with Crippen LogP contribution in [0.5, 0.6) is 0 Å². The Morgan fingerprint density at radius 2 is 0.500 bits per heavy atom. The van der Waals surface area contributed by atoms with Crippen molar-refractivity contribution in [3.05, 3.63) is 0 Å². The Morgan fingerprint density at radius 3 is 0.500 bits per heavy atom. The van der Waals surface area contributed by atoms with E-state index in [1.54, 1.807) is 0 Å². The van der Waals surface area contributed by atoms with Gasteiger partial charge in [0.25, 0.3) is 0 Å². The van der Waals surface area contributed by atoms with E-state index in [9.17, 15) is 0 Å². The van der Waals surface area contributed by atoms with Gasteiger partial charge in [-0.1, -0.05) is 0 Å². The van der Waals surface area contributed by atoms with Crippen LogP contribution < -0.4 is 0 Å². The summed E-state index contributed by atoms with van der Waals surface area (Å²) in [6.45, 7) is 0. The minimum atomic E-state index is 0. The third-order valence-corrected chi connectivity index (χ3v) is 0. The van der Waals surface area contributed by atoms with Crippen molar-refractivity contribution in [1.29, 1.82) is 0 Å². The highest BCUT2D eigenvalue weighted by Gasteiger charge is 0.988. The van der Waals surface area contributed by atoms with Crippen molar-refractivity contribution in [3.63, 3.8) is 0 Å². The molecule has 0 unspecified atom stereocenters. The van der Waals surface area contributed by atoms with Crippen LogP contribution in [0.3, 0.4) is 0 Å². The summed E-state index contributed by atoms with van der Waals surface area (Å²) >= 11 is 0. The molecular formula is H14S4Si2. The maximum absolute atomic E-state index is 1.44. The molecule has 0 aliphatic carbocycles. The standard InChI is InChI=1S/4H2S.H6Si2/c;;;;1-2/h4*1H2;1-2H3. The van der Waals surface area contributed by atoms with E-state index in [0.29, 0.717) is 0 Å². The Balaban J connectivity index is -0.000000000833. The van der Waals surface area contributed by atoms with Crippen molar-refractivity contribution in [3.8, 4) is 0 Å². The molecule has 0 aromatic heterocycles. The van der Waals surface area contributed by atoms with Crippen molar-refractivity contribution in [2.45, 2.75) is 0 Å². The van der Waals surface area contributed by atoms with E-state index in [0.717, 1.165) is 0 Å². The first kappa shape index (κ1) is 45.6. The molecule has 46 valence electrons. The van der Waals surface area contributed by atoms with Crippen LogP contribution in [0.1, 0.15) is 0 Å². The van der Waals surface area contributed by atoms with E-state index in [2.05, 4.69) is 0 Å². The van der Waals surface area contributed by atoms with Gasteiger partial charge in [-0.2, -0.15) is 54.0 Å². The molecule has 0 aromatic carbocycles. The molecule has 0 aliphatic heterocycles. The van der Waals surface area contributed by atoms with Gasteiger partial charge in [0.1, 0.15) is 0 Å². The fraction of sp³-hybridized carbons (Fsp3) is 0. The van der Waals surface area contributed by atoms with Gasteiger partial charge in [0, 0.05) is 0 Å². The molecule has 0 rings (SSSR count). The first-order valence-corrected chi connectivity index (χ1v) is 9.00. The van der Waals surface area contributed by atoms with E-state index in [-0.39, 0.29) is 54.0 Å². The van der Waals surface area contributed by atoms with Crippen molar-refractivity contribution < 1.29 is 0 Å². The Labute approximate surface area is 73.3 Å². The van der Waals surface area contributed by atoms with Crippen LogP contribution in [-0.4, -0.2) is 19.5 Å². The summed E-state index contributed by atoms with van der Waals surface area (Å²) in [6.07, 6.45) is 0. The predicted molar refractivity (Wildman–Crippen MR) is 61.4 cm³/mol. The van der Waals surface area contributed by atoms with Crippen LogP contribution >= 0.6 is 54.0 Å². The SMILES string of the molecule is S.S.S.S.[SiH3][SiH3]. The molecule has 0 aromatic rings. The van der Waals surface area contributed by atoms with E-state index in [1.165, 1.54) is 19.5 Å². The molecule has 0 heterocycles. The van der Waals surface area contributed by atoms with Crippen LogP contribution in [0, 0.1) is 0 Å². The molecular weight excluding hydrogens is 184 g/mol. The van der Waals surface area contributed by atoms with E-state index < -0.39 is 0 Å². The van der Waals surface area contributed by atoms with Gasteiger partial charge in [0.15, 0.2) is 0 Å². The Morgan fingerprint density at radius 1 is 0.500 bits per heavy atom. The summed E-state index contributed by atoms with van der Waals surface area (Å²) in [4.78, 5) is 0. The predicted octanol–water partition coefficient (Wildman–Crippen LogP) is -1.92. The zero-order valence-corrected chi connectivity index (χ0v) is 12.0. The lowest BCUT2D eigenvalue weighted by Gasteiger charge is -1.01. The highest BCUT2D eigenvalue weighted by atomic mass is 32.1. The van der Waals surface area contributed by atoms with Gasteiger partial charge >= 0.3 is 0 Å². The highest BCUT2D eigenvalue weighted by Crippen LogP contribution is 0.651. The summed E-state index contributed by atoms with van der Waals surface area (Å²) in [7, 11) is 2.89. The average molecular weight is 199 g/mol. The lowest BCUT2D eigenvalue weighted by Crippen LogP contribution is -1.38. The highest BCUT2D eigenvalue weighted by molar-refractivity contribution is 7.59. The van der Waals surface area contributed by atoms with Gasteiger partial charge in [-0.3, -0.25) is 0 Å². The Kier molecular flexibility index (Phi) is 525. The molecule has 0 nitrogen and oxygen atoms in total. The fourth-order valence-electron chi connectivity index (χ4n) is 0. The van der Waals surface area contributed by atoms with Gasteiger partial charge in [-0.15, -0.1) is 0 Å². The molecule has 0 atom stereocenters. The summed E-state index contributed by atoms with van der Waals surface area (Å²) < 4.78 is 0. The Hall–Kier alpha value is 1.83. The third-order valence-electron chi connectivity index (χ3n) is 0. The lowest BCUT2D eigenvalue weighted by atomic mass is 27.1. The third kappa shape index (κ3) is 40.5. The first-order chi connectivity index (χ1) is 1.00. The Bertz CT molecular complexity index is 5.51. The zero-order chi connectivity index (χ0) is 2.00. The first-order valence-electron chi connectivity index (χ1n) is 1.00. The summed E-state index contributed by atoms with van der Waals surface area (Å²) in [5.41, 5.74) is 0. The molecule has 0 saturated carbocycles. The normalized spacial score (nSPS) is 2.00. The van der Waals surface area contributed by atoms with Crippen LogP contribution in [-0.2, 0) is 0 Å². The van der Waals surface area contributed by atoms with Gasteiger partial charge in [-0.25, -0.2) is 0 Å². The van der Waals surface area contributed by atoms with Crippen molar-refractivity contribution in [2.24, 2.45) is 0 Å². The smallest absolute Gasteiger partial charge is 0.0125 e. The van der Waals surface area contributed by atoms with E-state index in [1.807, 2.05) is 0 Å². The second kappa shape index (κ2) is 69.2. The summed E-state index contributed by atoms with van der Waals surface area (Å²) in [6, 6.07) is 0. The monoisotopic (exact) mass is 198 g/mol. The maximum Gasteiger partial charge on any atom is -0.0125 e. The van der Waals surface area contributed by atoms with Crippen molar-refractivity contribution in [2.75, 3.05) is 0 Å². The van der Waals surface area contributed by atoms with Crippen LogP contribution in [0.4, 0.5) is 0 Å². The van der Waals surface area contributed by atoms with Crippen LogP contribution in [0.25, 0.3) is 0 Å². The fourth-order valence-corrected chi connectivity index (χ4v) is 0. The molecule has 0 aliphatic rings. The second-order valence-corrected chi connectivity index (χ2v) is 0. The van der Waals surface area contributed by atoms with Crippen molar-refractivity contribution in [1.82, 2.24) is 0 Å². The average Bonchev–Trinajstić information content (AvgIpc) is 1.00. The molecule has 0 amide bonds. The van der Waals surface area contributed by atoms with Gasteiger partial charge in [0.2, 0.25) is 0 Å². The van der Waals surface area contributed by atoms with Crippen LogP contribution in [0.15, 0.2) is 0 Å². The number of hydrogen-bond donors (Lipinski definition) is 0. The minimum absolute atomic E-state index is 0. The van der Waals surface area contributed by atoms with Gasteiger partial charge in [-0.05, 0) is 19.5 Å². The summed E-state index contributed by atoms with van der Waals surface area (Å²) in [5, 5.41) is 0. The largest absolute Gasteiger partial charge is 0.197 e. The lowest BCUT2D eigenvalue weighted by molar-refractivity contribution is 4.75. The number of rotatable bonds is 0. The molecule has 6 heavy (non-hydrogen) atoms. The zero-order valence-electron chi connectivity index (χ0n) is 4.00. The summed E-state index contributed by atoms with van der Waals surface area (Å²) in [5.74, 6) is 0. The van der Waals surface area contributed by atoms with Crippen LogP contribution in [0.2, 0.25) is 0 Å².